The van der Waals surface area contributed by atoms with Gasteiger partial charge in [0.25, 0.3) is 0 Å². The van der Waals surface area contributed by atoms with Crippen LogP contribution in [0.15, 0.2) is 12.1 Å². The fourth-order valence-electron chi connectivity index (χ4n) is 2.03. The first-order valence-corrected chi connectivity index (χ1v) is 6.52. The van der Waals surface area contributed by atoms with E-state index in [4.69, 9.17) is 9.47 Å². The molecule has 1 heterocycles. The summed E-state index contributed by atoms with van der Waals surface area (Å²) in [6, 6.07) is 1.70. The third kappa shape index (κ3) is 3.46. The van der Waals surface area contributed by atoms with Crippen LogP contribution in [-0.4, -0.2) is 79.0 Å². The second kappa shape index (κ2) is 6.56. The van der Waals surface area contributed by atoms with Crippen LogP contribution in [0, 0.1) is 0 Å². The van der Waals surface area contributed by atoms with Gasteiger partial charge in [0.05, 0.1) is 5.56 Å². The maximum Gasteiger partial charge on any atom is 0.338 e. The van der Waals surface area contributed by atoms with E-state index in [2.05, 4.69) is 0 Å². The first-order chi connectivity index (χ1) is 10.7. The van der Waals surface area contributed by atoms with E-state index < -0.39 is 60.5 Å². The largest absolute Gasteiger partial charge is 0.504 e. The molecule has 0 bridgehead atoms. The highest BCUT2D eigenvalue weighted by Crippen LogP contribution is 2.35. The van der Waals surface area contributed by atoms with Crippen LogP contribution in [-0.2, 0) is 9.47 Å². The molecule has 0 amide bonds. The molecule has 128 valence electrons. The number of ether oxygens (including phenoxy) is 2. The summed E-state index contributed by atoms with van der Waals surface area (Å²) in [6.07, 6.45) is -8.07. The Morgan fingerprint density at radius 2 is 1.57 bits per heavy atom. The Kier molecular flexibility index (Phi) is 4.92. The average molecular weight is 332 g/mol. The molecule has 1 aliphatic heterocycles. The number of aliphatic hydroxyl groups is 4. The molecule has 10 heteroatoms. The number of carbonyl (C=O) groups is 1. The molecule has 1 aromatic carbocycles. The number of aromatic hydroxyl groups is 3. The predicted octanol–water partition coefficient (Wildman–Crippen LogP) is -2.24. The van der Waals surface area contributed by atoms with Crippen molar-refractivity contribution in [1.29, 1.82) is 0 Å². The van der Waals surface area contributed by atoms with Crippen molar-refractivity contribution in [3.8, 4) is 17.2 Å². The molecule has 5 atom stereocenters. The van der Waals surface area contributed by atoms with E-state index in [-0.39, 0.29) is 5.56 Å². The second-order valence-electron chi connectivity index (χ2n) is 5.00. The van der Waals surface area contributed by atoms with Crippen molar-refractivity contribution < 1.29 is 50.0 Å². The third-order valence-electron chi connectivity index (χ3n) is 3.37. The van der Waals surface area contributed by atoms with Gasteiger partial charge in [0, 0.05) is 0 Å². The maximum atomic E-state index is 11.8. The zero-order valence-electron chi connectivity index (χ0n) is 11.6. The predicted molar refractivity (Wildman–Crippen MR) is 70.6 cm³/mol. The summed E-state index contributed by atoms with van der Waals surface area (Å²) in [7, 11) is 0. The summed E-state index contributed by atoms with van der Waals surface area (Å²) in [6.45, 7) is -0.580. The molecule has 0 saturated carbocycles. The molecular weight excluding hydrogens is 316 g/mol. The normalized spacial score (nSPS) is 30.9. The zero-order valence-corrected chi connectivity index (χ0v) is 11.6. The first kappa shape index (κ1) is 17.2. The molecule has 1 aliphatic rings. The summed E-state index contributed by atoms with van der Waals surface area (Å²) in [5.41, 5.74) is -0.288. The lowest BCUT2D eigenvalue weighted by Crippen LogP contribution is -2.58. The molecule has 0 aliphatic carbocycles. The summed E-state index contributed by atoms with van der Waals surface area (Å²) >= 11 is 0. The summed E-state index contributed by atoms with van der Waals surface area (Å²) in [5, 5.41) is 65.6. The lowest BCUT2D eigenvalue weighted by atomic mass is 9.99. The van der Waals surface area contributed by atoms with E-state index in [0.29, 0.717) is 0 Å². The van der Waals surface area contributed by atoms with Gasteiger partial charge in [-0.05, 0) is 12.1 Å². The Morgan fingerprint density at radius 1 is 1.00 bits per heavy atom. The number of hydrogen-bond acceptors (Lipinski definition) is 10. The monoisotopic (exact) mass is 332 g/mol. The molecule has 7 N–H and O–H groups in total. The van der Waals surface area contributed by atoms with Gasteiger partial charge >= 0.3 is 5.97 Å². The standard InChI is InChI=1S/C13H16O10/c14-5-1-4(2-6(15)8(5)16)12(20)22-3-7-9(17)10(18)11(19)13(21)23-7/h1-2,7,9-11,13-19,21H,3H2/t7-,9-,10+,11-,13-/m0/s1. The lowest BCUT2D eigenvalue weighted by molar-refractivity contribution is -0.286. The van der Waals surface area contributed by atoms with E-state index in [1.807, 2.05) is 0 Å². The van der Waals surface area contributed by atoms with E-state index in [1.54, 1.807) is 0 Å². The molecule has 0 aromatic heterocycles. The number of esters is 1. The minimum atomic E-state index is -1.76. The van der Waals surface area contributed by atoms with E-state index >= 15 is 0 Å². The van der Waals surface area contributed by atoms with E-state index in [9.17, 15) is 40.5 Å². The smallest absolute Gasteiger partial charge is 0.338 e. The molecule has 0 spiro atoms. The van der Waals surface area contributed by atoms with Crippen molar-refractivity contribution in [2.24, 2.45) is 0 Å². The lowest BCUT2D eigenvalue weighted by Gasteiger charge is -2.37. The fourth-order valence-corrected chi connectivity index (χ4v) is 2.03. The fraction of sp³-hybridized carbons (Fsp3) is 0.462. The van der Waals surface area contributed by atoms with E-state index in [0.717, 1.165) is 12.1 Å². The van der Waals surface area contributed by atoms with Gasteiger partial charge in [0.15, 0.2) is 23.5 Å². The summed E-state index contributed by atoms with van der Waals surface area (Å²) in [4.78, 5) is 11.8. The number of phenolic OH excluding ortho intramolecular Hbond substituents is 3. The molecule has 2 rings (SSSR count). The number of phenols is 3. The van der Waals surface area contributed by atoms with Crippen LogP contribution >= 0.6 is 0 Å². The highest BCUT2D eigenvalue weighted by molar-refractivity contribution is 5.91. The Bertz CT molecular complexity index is 565. The van der Waals surface area contributed by atoms with Gasteiger partial charge < -0.3 is 45.2 Å². The number of hydrogen-bond donors (Lipinski definition) is 7. The molecule has 0 unspecified atom stereocenters. The molecule has 1 aromatic rings. The maximum absolute atomic E-state index is 11.8. The molecule has 1 fully saturated rings. The Balaban J connectivity index is 2.02. The highest BCUT2D eigenvalue weighted by Gasteiger charge is 2.43. The van der Waals surface area contributed by atoms with Gasteiger partial charge in [-0.15, -0.1) is 0 Å². The van der Waals surface area contributed by atoms with Crippen molar-refractivity contribution in [2.45, 2.75) is 30.7 Å². The minimum absolute atomic E-state index is 0.288. The van der Waals surface area contributed by atoms with Crippen LogP contribution in [0.4, 0.5) is 0 Å². The van der Waals surface area contributed by atoms with Crippen LogP contribution in [0.2, 0.25) is 0 Å². The molecular formula is C13H16O10. The minimum Gasteiger partial charge on any atom is -0.504 e. The third-order valence-corrected chi connectivity index (χ3v) is 3.37. The molecule has 0 radical (unpaired) electrons. The van der Waals surface area contributed by atoms with Crippen LogP contribution in [0.1, 0.15) is 10.4 Å². The highest BCUT2D eigenvalue weighted by atomic mass is 16.6. The van der Waals surface area contributed by atoms with Gasteiger partial charge in [-0.25, -0.2) is 4.79 Å². The van der Waals surface area contributed by atoms with Gasteiger partial charge in [-0.1, -0.05) is 0 Å². The van der Waals surface area contributed by atoms with E-state index in [1.165, 1.54) is 0 Å². The van der Waals surface area contributed by atoms with Crippen molar-refractivity contribution in [2.75, 3.05) is 6.61 Å². The zero-order chi connectivity index (χ0) is 17.3. The number of benzene rings is 1. The number of aliphatic hydroxyl groups excluding tert-OH is 4. The molecule has 23 heavy (non-hydrogen) atoms. The Labute approximate surface area is 129 Å². The van der Waals surface area contributed by atoms with Crippen LogP contribution in [0.5, 0.6) is 17.2 Å². The average Bonchev–Trinajstić information content (AvgIpc) is 2.51. The van der Waals surface area contributed by atoms with Crippen LogP contribution < -0.4 is 0 Å². The molecule has 10 nitrogen and oxygen atoms in total. The molecule has 1 saturated heterocycles. The van der Waals surface area contributed by atoms with Crippen molar-refractivity contribution >= 4 is 5.97 Å². The van der Waals surface area contributed by atoms with Gasteiger partial charge in [0.2, 0.25) is 0 Å². The van der Waals surface area contributed by atoms with Crippen LogP contribution in [0.25, 0.3) is 0 Å². The van der Waals surface area contributed by atoms with Gasteiger partial charge in [-0.2, -0.15) is 0 Å². The Hall–Kier alpha value is -2.11. The van der Waals surface area contributed by atoms with Crippen molar-refractivity contribution in [1.82, 2.24) is 0 Å². The second-order valence-corrected chi connectivity index (χ2v) is 5.00. The van der Waals surface area contributed by atoms with Crippen LogP contribution in [0.3, 0.4) is 0 Å². The number of carbonyl (C=O) groups excluding carboxylic acids is 1. The first-order valence-electron chi connectivity index (χ1n) is 6.52. The quantitative estimate of drug-likeness (QED) is 0.236. The van der Waals surface area contributed by atoms with Crippen molar-refractivity contribution in [3.05, 3.63) is 17.7 Å². The summed E-state index contributed by atoms with van der Waals surface area (Å²) < 4.78 is 9.60. The van der Waals surface area contributed by atoms with Gasteiger partial charge in [0.1, 0.15) is 31.0 Å². The SMILES string of the molecule is O=C(OC[C@@H]1O[C@H](O)[C@@H](O)[C@H](O)[C@H]1O)c1cc(O)c(O)c(O)c1. The van der Waals surface area contributed by atoms with Crippen molar-refractivity contribution in [3.63, 3.8) is 0 Å². The number of rotatable bonds is 3. The van der Waals surface area contributed by atoms with Gasteiger partial charge in [-0.3, -0.25) is 0 Å². The summed E-state index contributed by atoms with van der Waals surface area (Å²) in [5.74, 6) is -3.30. The topological polar surface area (TPSA) is 177 Å². The Morgan fingerprint density at radius 3 is 2.13 bits per heavy atom.